The van der Waals surface area contributed by atoms with Crippen LogP contribution in [0.4, 0.5) is 0 Å². The molecule has 4 aliphatic rings. The van der Waals surface area contributed by atoms with Gasteiger partial charge in [-0.15, -0.1) is 0 Å². The van der Waals surface area contributed by atoms with Crippen molar-refractivity contribution in [3.63, 3.8) is 0 Å². The second-order valence-corrected chi connectivity index (χ2v) is 9.47. The number of quaternary nitrogens is 1. The Morgan fingerprint density at radius 1 is 1.18 bits per heavy atom. The smallest absolute Gasteiger partial charge is 0.315 e. The number of hydrogen-bond donors (Lipinski definition) is 0. The van der Waals surface area contributed by atoms with E-state index in [1.165, 1.54) is 6.42 Å². The van der Waals surface area contributed by atoms with Crippen LogP contribution < -0.4 is 0 Å². The number of esters is 1. The van der Waals surface area contributed by atoms with E-state index in [2.05, 4.69) is 35.0 Å². The zero-order valence-corrected chi connectivity index (χ0v) is 14.6. The predicted octanol–water partition coefficient (Wildman–Crippen LogP) is 2.22. The SMILES string of the molecule is C[C@@H]1CC[C@@H]2[C@@H](C[N+](C)(C)C)C(=O)O[C@]23[C@@H]1CC[C@@]1(C)O[C@@H]31. The van der Waals surface area contributed by atoms with Crippen LogP contribution in [0.1, 0.15) is 39.5 Å². The normalized spacial score (nSPS) is 53.3. The summed E-state index contributed by atoms with van der Waals surface area (Å²) in [6.07, 6.45) is 4.76. The Labute approximate surface area is 133 Å². The lowest BCUT2D eigenvalue weighted by molar-refractivity contribution is -0.873. The van der Waals surface area contributed by atoms with Gasteiger partial charge >= 0.3 is 5.97 Å². The zero-order chi connectivity index (χ0) is 15.9. The molecule has 0 aromatic rings. The zero-order valence-electron chi connectivity index (χ0n) is 14.6. The third kappa shape index (κ3) is 1.86. The van der Waals surface area contributed by atoms with E-state index >= 15 is 0 Å². The Kier molecular flexibility index (Phi) is 2.90. The number of carbonyl (C=O) groups excluding carboxylic acids is 1. The van der Waals surface area contributed by atoms with Crippen LogP contribution in [0.25, 0.3) is 0 Å². The van der Waals surface area contributed by atoms with Crippen LogP contribution in [0.3, 0.4) is 0 Å². The summed E-state index contributed by atoms with van der Waals surface area (Å²) >= 11 is 0. The van der Waals surface area contributed by atoms with Gasteiger partial charge in [0.1, 0.15) is 17.6 Å². The van der Waals surface area contributed by atoms with Crippen molar-refractivity contribution in [2.24, 2.45) is 23.7 Å². The van der Waals surface area contributed by atoms with Gasteiger partial charge in [0.25, 0.3) is 0 Å². The van der Waals surface area contributed by atoms with Gasteiger partial charge in [-0.3, -0.25) is 4.79 Å². The molecule has 0 N–H and O–H groups in total. The van der Waals surface area contributed by atoms with Gasteiger partial charge in [0.15, 0.2) is 0 Å². The Balaban J connectivity index is 1.72. The summed E-state index contributed by atoms with van der Waals surface area (Å²) in [7, 11) is 6.50. The van der Waals surface area contributed by atoms with Crippen LogP contribution in [-0.2, 0) is 14.3 Å². The fraction of sp³-hybridized carbons (Fsp3) is 0.944. The Hall–Kier alpha value is -0.610. The van der Waals surface area contributed by atoms with Gasteiger partial charge in [-0.05, 0) is 38.5 Å². The van der Waals surface area contributed by atoms with Crippen molar-refractivity contribution < 1.29 is 18.8 Å². The van der Waals surface area contributed by atoms with Gasteiger partial charge in [0.2, 0.25) is 0 Å². The van der Waals surface area contributed by atoms with E-state index in [1.54, 1.807) is 0 Å². The molecule has 0 bridgehead atoms. The molecule has 4 nitrogen and oxygen atoms in total. The second kappa shape index (κ2) is 4.27. The first kappa shape index (κ1) is 14.9. The Morgan fingerprint density at radius 3 is 2.59 bits per heavy atom. The summed E-state index contributed by atoms with van der Waals surface area (Å²) in [6, 6.07) is 0. The first-order valence-corrected chi connectivity index (χ1v) is 8.88. The quantitative estimate of drug-likeness (QED) is 0.446. The molecule has 0 aromatic heterocycles. The highest BCUT2D eigenvalue weighted by molar-refractivity contribution is 5.77. The van der Waals surface area contributed by atoms with E-state index in [4.69, 9.17) is 9.47 Å². The lowest BCUT2D eigenvalue weighted by atomic mass is 9.55. The summed E-state index contributed by atoms with van der Waals surface area (Å²) in [6.45, 7) is 5.42. The molecule has 7 atom stereocenters. The lowest BCUT2D eigenvalue weighted by Gasteiger charge is -2.50. The molecular weight excluding hydrogens is 278 g/mol. The van der Waals surface area contributed by atoms with Gasteiger partial charge in [-0.1, -0.05) is 6.92 Å². The topological polar surface area (TPSA) is 38.8 Å². The maximum absolute atomic E-state index is 12.8. The van der Waals surface area contributed by atoms with Crippen molar-refractivity contribution in [3.8, 4) is 0 Å². The fourth-order valence-electron chi connectivity index (χ4n) is 5.85. The molecule has 0 radical (unpaired) electrons. The lowest BCUT2D eigenvalue weighted by Crippen LogP contribution is -2.58. The van der Waals surface area contributed by atoms with E-state index in [0.29, 0.717) is 17.8 Å². The van der Waals surface area contributed by atoms with Gasteiger partial charge < -0.3 is 14.0 Å². The number of ether oxygens (including phenoxy) is 2. The Morgan fingerprint density at radius 2 is 1.91 bits per heavy atom. The summed E-state index contributed by atoms with van der Waals surface area (Å²) in [5.41, 5.74) is -0.348. The minimum atomic E-state index is -0.318. The second-order valence-electron chi connectivity index (χ2n) is 9.47. The van der Waals surface area contributed by atoms with Crippen molar-refractivity contribution in [3.05, 3.63) is 0 Å². The summed E-state index contributed by atoms with van der Waals surface area (Å²) in [5, 5.41) is 0. The Bertz CT molecular complexity index is 513. The van der Waals surface area contributed by atoms with Crippen molar-refractivity contribution in [1.29, 1.82) is 0 Å². The average molecular weight is 308 g/mol. The molecule has 124 valence electrons. The first-order chi connectivity index (χ1) is 10.2. The highest BCUT2D eigenvalue weighted by atomic mass is 16.7. The van der Waals surface area contributed by atoms with E-state index in [-0.39, 0.29) is 29.2 Å². The van der Waals surface area contributed by atoms with Gasteiger partial charge in [0.05, 0.1) is 33.3 Å². The first-order valence-electron chi connectivity index (χ1n) is 8.88. The van der Waals surface area contributed by atoms with Gasteiger partial charge in [-0.2, -0.15) is 0 Å². The monoisotopic (exact) mass is 308 g/mol. The van der Waals surface area contributed by atoms with E-state index < -0.39 is 0 Å². The number of epoxide rings is 1. The van der Waals surface area contributed by atoms with E-state index in [9.17, 15) is 4.79 Å². The maximum atomic E-state index is 12.8. The molecule has 1 spiro atoms. The number of rotatable bonds is 2. The molecular formula is C18H30NO3+. The van der Waals surface area contributed by atoms with Crippen molar-refractivity contribution in [2.75, 3.05) is 27.7 Å². The molecule has 0 aromatic carbocycles. The van der Waals surface area contributed by atoms with Crippen molar-refractivity contribution in [2.45, 2.75) is 56.8 Å². The molecule has 4 fully saturated rings. The van der Waals surface area contributed by atoms with Crippen LogP contribution in [0.15, 0.2) is 0 Å². The van der Waals surface area contributed by atoms with Gasteiger partial charge in [-0.25, -0.2) is 0 Å². The molecule has 4 heteroatoms. The van der Waals surface area contributed by atoms with Crippen molar-refractivity contribution >= 4 is 5.97 Å². The summed E-state index contributed by atoms with van der Waals surface area (Å²) in [5.74, 6) is 1.57. The van der Waals surface area contributed by atoms with Gasteiger partial charge in [0, 0.05) is 11.8 Å². The van der Waals surface area contributed by atoms with Crippen LogP contribution >= 0.6 is 0 Å². The van der Waals surface area contributed by atoms with Crippen molar-refractivity contribution in [1.82, 2.24) is 0 Å². The fourth-order valence-corrected chi connectivity index (χ4v) is 5.85. The molecule has 0 unspecified atom stereocenters. The number of nitrogens with zero attached hydrogens (tertiary/aromatic N) is 1. The van der Waals surface area contributed by atoms with E-state index in [1.807, 2.05) is 0 Å². The van der Waals surface area contributed by atoms with Crippen LogP contribution in [0.2, 0.25) is 0 Å². The molecule has 2 heterocycles. The minimum absolute atomic E-state index is 0.0302. The molecule has 22 heavy (non-hydrogen) atoms. The highest BCUT2D eigenvalue weighted by Crippen LogP contribution is 2.66. The molecule has 2 saturated carbocycles. The minimum Gasteiger partial charge on any atom is -0.455 e. The summed E-state index contributed by atoms with van der Waals surface area (Å²) in [4.78, 5) is 12.8. The highest BCUT2D eigenvalue weighted by Gasteiger charge is 2.77. The van der Waals surface area contributed by atoms with E-state index in [0.717, 1.165) is 30.3 Å². The standard InChI is InChI=1S/C18H30NO3/c1-11-6-7-14-12(10-19(3,4)5)15(20)21-18(14)13(11)8-9-17(2)16(18)22-17/h11-14,16H,6-10H2,1-5H3/q+1/t11-,12-,13-,14-,16-,17-,18-/m1/s1. The number of hydrogen-bond acceptors (Lipinski definition) is 3. The molecule has 2 aliphatic carbocycles. The third-order valence-electron chi connectivity index (χ3n) is 6.84. The maximum Gasteiger partial charge on any atom is 0.315 e. The average Bonchev–Trinajstić information content (AvgIpc) is 3.02. The van der Waals surface area contributed by atoms with Crippen LogP contribution in [-0.4, -0.2) is 55.4 Å². The number of carbonyl (C=O) groups is 1. The third-order valence-corrected chi connectivity index (χ3v) is 6.84. The molecule has 0 amide bonds. The van der Waals surface area contributed by atoms with Crippen LogP contribution in [0.5, 0.6) is 0 Å². The molecule has 2 saturated heterocycles. The van der Waals surface area contributed by atoms with Crippen LogP contribution in [0, 0.1) is 23.7 Å². The molecule has 2 aliphatic heterocycles. The predicted molar refractivity (Wildman–Crippen MR) is 83.1 cm³/mol. The molecule has 4 rings (SSSR count). The summed E-state index contributed by atoms with van der Waals surface area (Å²) < 4.78 is 13.2. The number of fused-ring (bicyclic) bond motifs is 1. The largest absolute Gasteiger partial charge is 0.455 e.